The number of aromatic nitrogens is 2. The number of fused-ring (bicyclic) bond motifs is 1. The Bertz CT molecular complexity index is 958. The fourth-order valence-electron chi connectivity index (χ4n) is 2.26. The average molecular weight is 372 g/mol. The van der Waals surface area contributed by atoms with Crippen LogP contribution in [0.25, 0.3) is 22.3 Å². The molecule has 2 heterocycles. The minimum atomic E-state index is -0.118. The number of anilines is 1. The molecule has 8 heteroatoms. The predicted octanol–water partition coefficient (Wildman–Crippen LogP) is 3.41. The highest BCUT2D eigenvalue weighted by molar-refractivity contribution is 7.14. The molecule has 126 valence electrons. The Kier molecular flexibility index (Phi) is 4.97. The quantitative estimate of drug-likeness (QED) is 0.714. The van der Waals surface area contributed by atoms with E-state index in [4.69, 9.17) is 24.2 Å². The van der Waals surface area contributed by atoms with Gasteiger partial charge in [-0.1, -0.05) is 25.4 Å². The van der Waals surface area contributed by atoms with Gasteiger partial charge in [-0.05, 0) is 23.7 Å². The van der Waals surface area contributed by atoms with Crippen LogP contribution in [0.4, 0.5) is 5.13 Å². The van der Waals surface area contributed by atoms with Crippen LogP contribution in [0.1, 0.15) is 13.8 Å². The summed E-state index contributed by atoms with van der Waals surface area (Å²) in [6.45, 7) is 3.65. The summed E-state index contributed by atoms with van der Waals surface area (Å²) in [6, 6.07) is 5.31. The van der Waals surface area contributed by atoms with Crippen molar-refractivity contribution in [3.05, 3.63) is 28.6 Å². The van der Waals surface area contributed by atoms with Gasteiger partial charge in [0.2, 0.25) is 5.91 Å². The molecule has 0 aliphatic heterocycles. The zero-order chi connectivity index (χ0) is 18.1. The third kappa shape index (κ3) is 3.48. The number of nitrogens with zero attached hydrogens (tertiary/aromatic N) is 2. The second-order valence-electron chi connectivity index (χ2n) is 5.75. The van der Waals surface area contributed by atoms with Crippen LogP contribution in [-0.4, -0.2) is 30.8 Å². The molecule has 0 spiro atoms. The summed E-state index contributed by atoms with van der Waals surface area (Å²) in [6.07, 6.45) is 0. The molecule has 0 fully saturated rings. The Morgan fingerprint density at radius 1 is 1.32 bits per heavy atom. The minimum absolute atomic E-state index is 0.0839. The summed E-state index contributed by atoms with van der Waals surface area (Å²) < 4.78 is 5.24. The second-order valence-corrected chi connectivity index (χ2v) is 7.01. The van der Waals surface area contributed by atoms with Crippen molar-refractivity contribution < 1.29 is 9.53 Å². The van der Waals surface area contributed by atoms with Crippen molar-refractivity contribution in [2.24, 2.45) is 5.92 Å². The summed E-state index contributed by atoms with van der Waals surface area (Å²) >= 11 is 7.71. The summed E-state index contributed by atoms with van der Waals surface area (Å²) in [5.74, 6) is 0.337. The molecule has 0 saturated carbocycles. The molecule has 0 aliphatic carbocycles. The minimum Gasteiger partial charge on any atom is -0.497 e. The van der Waals surface area contributed by atoms with Crippen LogP contribution in [0.2, 0.25) is 5.02 Å². The van der Waals surface area contributed by atoms with Gasteiger partial charge < -0.3 is 10.1 Å². The Morgan fingerprint density at radius 2 is 2.08 bits per heavy atom. The van der Waals surface area contributed by atoms with Crippen molar-refractivity contribution in [2.75, 3.05) is 12.4 Å². The lowest BCUT2D eigenvalue weighted by Crippen LogP contribution is -2.17. The lowest BCUT2D eigenvalue weighted by Gasteiger charge is -2.10. The number of halogens is 1. The van der Waals surface area contributed by atoms with Gasteiger partial charge in [-0.3, -0.25) is 4.79 Å². The lowest BCUT2D eigenvalue weighted by molar-refractivity contribution is -0.118. The first kappa shape index (κ1) is 17.7. The number of ether oxygens (including phenoxy) is 1. The number of methoxy groups -OCH3 is 1. The van der Waals surface area contributed by atoms with Crippen molar-refractivity contribution in [2.45, 2.75) is 13.8 Å². The zero-order valence-corrected chi connectivity index (χ0v) is 15.5. The molecular weight excluding hydrogens is 357 g/mol. The smallest absolute Gasteiger partial charge is 0.228 e. The summed E-state index contributed by atoms with van der Waals surface area (Å²) in [4.78, 5) is 20.8. The lowest BCUT2D eigenvalue weighted by atomic mass is 9.91. The average Bonchev–Trinajstić information content (AvgIpc) is 3.04. The zero-order valence-electron chi connectivity index (χ0n) is 14.0. The number of carbonyl (C=O) groups is 1. The van der Waals surface area contributed by atoms with E-state index in [1.54, 1.807) is 19.2 Å². The standard InChI is InChI=1S/C17H15BClN3O2S/c1-8(2)16(23)22-17-21-12(7-25-17)11-6-10(19)9-4-5-13(24-3)14(18)15(9)20-11/h4-8H,1-3H3,(H,21,22,23). The molecule has 1 N–H and O–H groups in total. The van der Waals surface area contributed by atoms with Gasteiger partial charge in [0.25, 0.3) is 0 Å². The van der Waals surface area contributed by atoms with Crippen LogP contribution < -0.4 is 15.5 Å². The first-order valence-corrected chi connectivity index (χ1v) is 8.86. The fourth-order valence-corrected chi connectivity index (χ4v) is 3.22. The maximum atomic E-state index is 11.8. The molecule has 3 rings (SSSR count). The number of rotatable bonds is 4. The van der Waals surface area contributed by atoms with E-state index in [1.807, 2.05) is 25.3 Å². The van der Waals surface area contributed by atoms with Gasteiger partial charge in [0.1, 0.15) is 19.3 Å². The van der Waals surface area contributed by atoms with E-state index < -0.39 is 0 Å². The molecule has 2 radical (unpaired) electrons. The maximum Gasteiger partial charge on any atom is 0.228 e. The van der Waals surface area contributed by atoms with Crippen LogP contribution in [0.3, 0.4) is 0 Å². The molecule has 0 saturated heterocycles. The van der Waals surface area contributed by atoms with E-state index in [0.717, 1.165) is 5.39 Å². The fraction of sp³-hybridized carbons (Fsp3) is 0.235. The van der Waals surface area contributed by atoms with E-state index in [0.29, 0.717) is 38.3 Å². The molecule has 2 aromatic heterocycles. The Morgan fingerprint density at radius 3 is 2.76 bits per heavy atom. The van der Waals surface area contributed by atoms with Gasteiger partial charge in [-0.25, -0.2) is 9.97 Å². The number of hydrogen-bond acceptors (Lipinski definition) is 5. The number of carbonyl (C=O) groups excluding carboxylic acids is 1. The highest BCUT2D eigenvalue weighted by Gasteiger charge is 2.14. The highest BCUT2D eigenvalue weighted by atomic mass is 35.5. The summed E-state index contributed by atoms with van der Waals surface area (Å²) in [5, 5.41) is 6.38. The largest absolute Gasteiger partial charge is 0.497 e. The van der Waals surface area contributed by atoms with E-state index in [2.05, 4.69) is 15.3 Å². The first-order valence-electron chi connectivity index (χ1n) is 7.60. The first-order chi connectivity index (χ1) is 11.9. The van der Waals surface area contributed by atoms with Gasteiger partial charge in [-0.2, -0.15) is 0 Å². The molecule has 3 aromatic rings. The van der Waals surface area contributed by atoms with Crippen LogP contribution in [0.5, 0.6) is 5.75 Å². The molecule has 5 nitrogen and oxygen atoms in total. The van der Waals surface area contributed by atoms with Gasteiger partial charge in [-0.15, -0.1) is 11.3 Å². The van der Waals surface area contributed by atoms with Crippen molar-refractivity contribution in [1.29, 1.82) is 0 Å². The van der Waals surface area contributed by atoms with Crippen molar-refractivity contribution in [1.82, 2.24) is 9.97 Å². The number of pyridine rings is 1. The number of thiazole rings is 1. The van der Waals surface area contributed by atoms with Crippen molar-refractivity contribution in [3.63, 3.8) is 0 Å². The van der Waals surface area contributed by atoms with Gasteiger partial charge in [0.15, 0.2) is 5.13 Å². The van der Waals surface area contributed by atoms with Crippen LogP contribution in [0.15, 0.2) is 23.6 Å². The molecule has 0 bridgehead atoms. The molecule has 0 atom stereocenters. The van der Waals surface area contributed by atoms with Gasteiger partial charge in [0, 0.05) is 16.7 Å². The molecule has 1 amide bonds. The van der Waals surface area contributed by atoms with E-state index >= 15 is 0 Å². The third-order valence-corrected chi connectivity index (χ3v) is 4.74. The van der Waals surface area contributed by atoms with E-state index in [1.165, 1.54) is 11.3 Å². The number of amides is 1. The van der Waals surface area contributed by atoms with Crippen LogP contribution in [-0.2, 0) is 4.79 Å². The van der Waals surface area contributed by atoms with Crippen molar-refractivity contribution in [3.8, 4) is 17.1 Å². The predicted molar refractivity (Wildman–Crippen MR) is 103 cm³/mol. The Balaban J connectivity index is 2.03. The third-order valence-electron chi connectivity index (χ3n) is 3.67. The monoisotopic (exact) mass is 371 g/mol. The molecule has 1 aromatic carbocycles. The maximum absolute atomic E-state index is 11.8. The molecular formula is C17H15BClN3O2S. The second kappa shape index (κ2) is 7.02. The Labute approximate surface area is 155 Å². The normalized spacial score (nSPS) is 11.1. The number of benzene rings is 1. The van der Waals surface area contributed by atoms with Gasteiger partial charge in [0.05, 0.1) is 23.3 Å². The molecule has 25 heavy (non-hydrogen) atoms. The van der Waals surface area contributed by atoms with Crippen LogP contribution >= 0.6 is 22.9 Å². The van der Waals surface area contributed by atoms with E-state index in [-0.39, 0.29) is 11.8 Å². The summed E-state index contributed by atoms with van der Waals surface area (Å²) in [7, 11) is 7.68. The Hall–Kier alpha value is -2.12. The molecule has 0 aliphatic rings. The number of hydrogen-bond donors (Lipinski definition) is 1. The summed E-state index contributed by atoms with van der Waals surface area (Å²) in [5.41, 5.74) is 2.18. The topological polar surface area (TPSA) is 64.1 Å². The number of nitrogens with one attached hydrogen (secondary N) is 1. The SMILES string of the molecule is [B]c1c(OC)ccc2c(Cl)cc(-c3csc(NC(=O)C(C)C)n3)nc12. The van der Waals surface area contributed by atoms with Gasteiger partial charge >= 0.3 is 0 Å². The van der Waals surface area contributed by atoms with Crippen molar-refractivity contribution >= 4 is 58.2 Å². The van der Waals surface area contributed by atoms with Crippen LogP contribution in [0, 0.1) is 5.92 Å². The highest BCUT2D eigenvalue weighted by Crippen LogP contribution is 2.30. The molecule has 0 unspecified atom stereocenters. The van der Waals surface area contributed by atoms with E-state index in [9.17, 15) is 4.79 Å².